The van der Waals surface area contributed by atoms with E-state index in [4.69, 9.17) is 11.0 Å². The number of amides is 2. The van der Waals surface area contributed by atoms with Gasteiger partial charge in [-0.15, -0.1) is 0 Å². The summed E-state index contributed by atoms with van der Waals surface area (Å²) in [4.78, 5) is 24.8. The standard InChI is InChI=1S/C11H17N3O2/c1-3-11(2,7-12)10(16)14-6-4-5-8(14)9(13)15/h8H,3-6H2,1-2H3,(H2,13,15). The lowest BCUT2D eigenvalue weighted by Crippen LogP contribution is -2.48. The highest BCUT2D eigenvalue weighted by Gasteiger charge is 2.41. The van der Waals surface area contributed by atoms with Crippen molar-refractivity contribution in [2.24, 2.45) is 11.1 Å². The number of rotatable bonds is 3. The molecule has 0 aliphatic carbocycles. The highest BCUT2D eigenvalue weighted by molar-refractivity contribution is 5.91. The van der Waals surface area contributed by atoms with Gasteiger partial charge < -0.3 is 10.6 Å². The molecule has 1 saturated heterocycles. The lowest BCUT2D eigenvalue weighted by atomic mass is 9.87. The van der Waals surface area contributed by atoms with Gasteiger partial charge in [0, 0.05) is 6.54 Å². The fourth-order valence-corrected chi connectivity index (χ4v) is 1.90. The monoisotopic (exact) mass is 223 g/mol. The molecule has 0 saturated carbocycles. The smallest absolute Gasteiger partial charge is 0.243 e. The van der Waals surface area contributed by atoms with Crippen LogP contribution >= 0.6 is 0 Å². The summed E-state index contributed by atoms with van der Waals surface area (Å²) in [7, 11) is 0. The minimum atomic E-state index is -1.04. The van der Waals surface area contributed by atoms with Gasteiger partial charge in [0.1, 0.15) is 11.5 Å². The molecule has 16 heavy (non-hydrogen) atoms. The Bertz CT molecular complexity index is 348. The van der Waals surface area contributed by atoms with E-state index in [0.717, 1.165) is 6.42 Å². The molecule has 0 spiro atoms. The number of carbonyl (C=O) groups is 2. The number of nitrogens with two attached hydrogens (primary N) is 1. The molecule has 1 rings (SSSR count). The summed E-state index contributed by atoms with van der Waals surface area (Å²) >= 11 is 0. The normalized spacial score (nSPS) is 23.6. The minimum absolute atomic E-state index is 0.279. The van der Waals surface area contributed by atoms with Crippen LogP contribution in [0.3, 0.4) is 0 Å². The van der Waals surface area contributed by atoms with E-state index in [1.807, 2.05) is 6.07 Å². The van der Waals surface area contributed by atoms with Gasteiger partial charge in [-0.05, 0) is 26.2 Å². The maximum atomic E-state index is 12.1. The Hall–Kier alpha value is -1.57. The molecular formula is C11H17N3O2. The van der Waals surface area contributed by atoms with Crippen LogP contribution in [0.15, 0.2) is 0 Å². The third kappa shape index (κ3) is 2.01. The fourth-order valence-electron chi connectivity index (χ4n) is 1.90. The van der Waals surface area contributed by atoms with Crippen molar-refractivity contribution in [2.45, 2.75) is 39.2 Å². The summed E-state index contributed by atoms with van der Waals surface area (Å²) in [5, 5.41) is 9.03. The predicted octanol–water partition coefficient (Wildman–Crippen LogP) is 0.403. The molecule has 1 aliphatic heterocycles. The lowest BCUT2D eigenvalue weighted by molar-refractivity contribution is -0.143. The molecule has 88 valence electrons. The van der Waals surface area contributed by atoms with Crippen LogP contribution in [-0.2, 0) is 9.59 Å². The van der Waals surface area contributed by atoms with Crippen LogP contribution in [0.5, 0.6) is 0 Å². The molecule has 0 bridgehead atoms. The van der Waals surface area contributed by atoms with Crippen molar-refractivity contribution in [1.82, 2.24) is 4.90 Å². The van der Waals surface area contributed by atoms with Crippen molar-refractivity contribution >= 4 is 11.8 Å². The SMILES string of the molecule is CCC(C)(C#N)C(=O)N1CCCC1C(N)=O. The number of nitrogens with zero attached hydrogens (tertiary/aromatic N) is 2. The maximum Gasteiger partial charge on any atom is 0.243 e. The topological polar surface area (TPSA) is 87.2 Å². The van der Waals surface area contributed by atoms with Crippen LogP contribution in [0.4, 0.5) is 0 Å². The van der Waals surface area contributed by atoms with Crippen LogP contribution in [0.1, 0.15) is 33.1 Å². The zero-order valence-electron chi connectivity index (χ0n) is 9.69. The molecule has 0 aromatic heterocycles. The maximum absolute atomic E-state index is 12.1. The van der Waals surface area contributed by atoms with Gasteiger partial charge >= 0.3 is 0 Å². The van der Waals surface area contributed by atoms with Crippen molar-refractivity contribution in [1.29, 1.82) is 5.26 Å². The molecule has 1 heterocycles. The van der Waals surface area contributed by atoms with E-state index in [9.17, 15) is 9.59 Å². The fraction of sp³-hybridized carbons (Fsp3) is 0.727. The van der Waals surface area contributed by atoms with E-state index in [1.165, 1.54) is 4.90 Å². The Kier molecular flexibility index (Phi) is 3.53. The Balaban J connectivity index is 2.90. The summed E-state index contributed by atoms with van der Waals surface area (Å²) in [6, 6.07) is 1.49. The second-order valence-corrected chi connectivity index (χ2v) is 4.36. The molecular weight excluding hydrogens is 206 g/mol. The summed E-state index contributed by atoms with van der Waals surface area (Å²) in [5.74, 6) is -0.763. The molecule has 1 aliphatic rings. The Morgan fingerprint density at radius 3 is 2.69 bits per heavy atom. The second-order valence-electron chi connectivity index (χ2n) is 4.36. The first-order chi connectivity index (χ1) is 7.46. The first-order valence-corrected chi connectivity index (χ1v) is 5.48. The highest BCUT2D eigenvalue weighted by Crippen LogP contribution is 2.28. The van der Waals surface area contributed by atoms with Crippen LogP contribution in [0.2, 0.25) is 0 Å². The summed E-state index contributed by atoms with van der Waals surface area (Å²) < 4.78 is 0. The third-order valence-corrected chi connectivity index (χ3v) is 3.27. The van der Waals surface area contributed by atoms with E-state index in [2.05, 4.69) is 0 Å². The largest absolute Gasteiger partial charge is 0.368 e. The van der Waals surface area contributed by atoms with Gasteiger partial charge in [-0.1, -0.05) is 6.92 Å². The van der Waals surface area contributed by atoms with Crippen molar-refractivity contribution in [3.63, 3.8) is 0 Å². The molecule has 2 amide bonds. The Morgan fingerprint density at radius 1 is 1.62 bits per heavy atom. The Labute approximate surface area is 95.2 Å². The number of likely N-dealkylation sites (tertiary alicyclic amines) is 1. The summed E-state index contributed by atoms with van der Waals surface area (Å²) in [6.07, 6.45) is 1.81. The number of primary amides is 1. The molecule has 2 N–H and O–H groups in total. The average Bonchev–Trinajstić information content (AvgIpc) is 2.75. The molecule has 0 radical (unpaired) electrons. The highest BCUT2D eigenvalue weighted by atomic mass is 16.2. The van der Waals surface area contributed by atoms with Crippen LogP contribution in [0.25, 0.3) is 0 Å². The average molecular weight is 223 g/mol. The van der Waals surface area contributed by atoms with E-state index in [-0.39, 0.29) is 5.91 Å². The Morgan fingerprint density at radius 2 is 2.25 bits per heavy atom. The van der Waals surface area contributed by atoms with Gasteiger partial charge in [-0.3, -0.25) is 9.59 Å². The van der Waals surface area contributed by atoms with Gasteiger partial charge in [0.25, 0.3) is 0 Å². The number of carbonyl (C=O) groups excluding carboxylic acids is 2. The molecule has 0 aromatic carbocycles. The summed E-state index contributed by atoms with van der Waals surface area (Å²) in [6.45, 7) is 3.91. The van der Waals surface area contributed by atoms with Gasteiger partial charge in [0.15, 0.2) is 0 Å². The predicted molar refractivity (Wildman–Crippen MR) is 57.9 cm³/mol. The van der Waals surface area contributed by atoms with E-state index in [0.29, 0.717) is 19.4 Å². The third-order valence-electron chi connectivity index (χ3n) is 3.27. The van der Waals surface area contributed by atoms with Crippen LogP contribution in [-0.4, -0.2) is 29.3 Å². The number of nitriles is 1. The van der Waals surface area contributed by atoms with Gasteiger partial charge in [-0.2, -0.15) is 5.26 Å². The number of hydrogen-bond donors (Lipinski definition) is 1. The van der Waals surface area contributed by atoms with Gasteiger partial charge in [0.2, 0.25) is 11.8 Å². The van der Waals surface area contributed by atoms with E-state index < -0.39 is 17.4 Å². The molecule has 1 fully saturated rings. The quantitative estimate of drug-likeness (QED) is 0.751. The van der Waals surface area contributed by atoms with E-state index >= 15 is 0 Å². The van der Waals surface area contributed by atoms with E-state index in [1.54, 1.807) is 13.8 Å². The first-order valence-electron chi connectivity index (χ1n) is 5.48. The second kappa shape index (κ2) is 4.52. The first kappa shape index (κ1) is 12.5. The van der Waals surface area contributed by atoms with Gasteiger partial charge in [-0.25, -0.2) is 0 Å². The molecule has 2 atom stereocenters. The minimum Gasteiger partial charge on any atom is -0.368 e. The van der Waals surface area contributed by atoms with Crippen LogP contribution in [0, 0.1) is 16.7 Å². The zero-order chi connectivity index (χ0) is 12.3. The zero-order valence-corrected chi connectivity index (χ0v) is 9.69. The summed E-state index contributed by atoms with van der Waals surface area (Å²) in [5.41, 5.74) is 4.19. The lowest BCUT2D eigenvalue weighted by Gasteiger charge is -2.29. The van der Waals surface area contributed by atoms with Gasteiger partial charge in [0.05, 0.1) is 6.07 Å². The van der Waals surface area contributed by atoms with Crippen LogP contribution < -0.4 is 5.73 Å². The van der Waals surface area contributed by atoms with Crippen molar-refractivity contribution in [2.75, 3.05) is 6.54 Å². The van der Waals surface area contributed by atoms with Crippen molar-refractivity contribution in [3.8, 4) is 6.07 Å². The van der Waals surface area contributed by atoms with Crippen molar-refractivity contribution < 1.29 is 9.59 Å². The molecule has 5 nitrogen and oxygen atoms in total. The molecule has 2 unspecified atom stereocenters. The molecule has 0 aromatic rings. The van der Waals surface area contributed by atoms with Crippen molar-refractivity contribution in [3.05, 3.63) is 0 Å². The molecule has 5 heteroatoms. The number of hydrogen-bond acceptors (Lipinski definition) is 3.